The number of ether oxygens (including phenoxy) is 1. The standard InChI is InChI=1S/C25H36N4O6S/c1-18-13-22(30)28(16-18)17-19(27-24(32)35-25(2,3)4)14-23(31)29-12-8-9-20(29)15-26-36(33,34)21-10-6-5-7-11-21/h5-7,10-11,13,19-20,26H,8-9,12,14-17H2,1-4H3,(H,27,32)/t19-,20-/m0/s1. The summed E-state index contributed by atoms with van der Waals surface area (Å²) in [7, 11) is -3.69. The Hall–Kier alpha value is -2.92. The van der Waals surface area contributed by atoms with Crippen LogP contribution in [0.5, 0.6) is 0 Å². The highest BCUT2D eigenvalue weighted by molar-refractivity contribution is 7.89. The smallest absolute Gasteiger partial charge is 0.407 e. The van der Waals surface area contributed by atoms with E-state index in [-0.39, 0.29) is 42.3 Å². The number of carbonyl (C=O) groups is 3. The monoisotopic (exact) mass is 520 g/mol. The Bertz CT molecular complexity index is 1100. The van der Waals surface area contributed by atoms with Crippen molar-refractivity contribution in [1.29, 1.82) is 0 Å². The first-order valence-electron chi connectivity index (χ1n) is 12.1. The van der Waals surface area contributed by atoms with Gasteiger partial charge in [-0.15, -0.1) is 0 Å². The van der Waals surface area contributed by atoms with E-state index in [1.54, 1.807) is 54.8 Å². The fourth-order valence-corrected chi connectivity index (χ4v) is 5.47. The summed E-state index contributed by atoms with van der Waals surface area (Å²) in [6.07, 6.45) is 2.26. The number of rotatable bonds is 9. The first-order chi connectivity index (χ1) is 16.8. The van der Waals surface area contributed by atoms with Gasteiger partial charge in [0.2, 0.25) is 21.8 Å². The van der Waals surface area contributed by atoms with Crippen LogP contribution >= 0.6 is 0 Å². The Kier molecular flexibility index (Phi) is 8.78. The number of amides is 3. The first-order valence-corrected chi connectivity index (χ1v) is 13.6. The molecule has 1 aromatic carbocycles. The molecule has 1 fully saturated rings. The zero-order chi connectivity index (χ0) is 26.5. The van der Waals surface area contributed by atoms with E-state index in [0.717, 1.165) is 12.0 Å². The van der Waals surface area contributed by atoms with Gasteiger partial charge in [0.1, 0.15) is 5.60 Å². The average Bonchev–Trinajstić information content (AvgIpc) is 3.37. The van der Waals surface area contributed by atoms with Gasteiger partial charge < -0.3 is 19.9 Å². The van der Waals surface area contributed by atoms with Crippen molar-refractivity contribution in [2.24, 2.45) is 0 Å². The minimum Gasteiger partial charge on any atom is -0.444 e. The average molecular weight is 521 g/mol. The number of alkyl carbamates (subject to hydrolysis) is 1. The van der Waals surface area contributed by atoms with E-state index in [9.17, 15) is 22.8 Å². The van der Waals surface area contributed by atoms with Crippen LogP contribution < -0.4 is 10.0 Å². The predicted molar refractivity (Wildman–Crippen MR) is 134 cm³/mol. The molecule has 1 saturated heterocycles. The fourth-order valence-electron chi connectivity index (χ4n) is 4.38. The van der Waals surface area contributed by atoms with Crippen LogP contribution in [0.4, 0.5) is 4.79 Å². The van der Waals surface area contributed by atoms with E-state index >= 15 is 0 Å². The number of nitrogens with one attached hydrogen (secondary N) is 2. The van der Waals surface area contributed by atoms with Gasteiger partial charge in [-0.25, -0.2) is 17.9 Å². The van der Waals surface area contributed by atoms with Gasteiger partial charge in [0.25, 0.3) is 0 Å². The van der Waals surface area contributed by atoms with Crippen molar-refractivity contribution < 1.29 is 27.5 Å². The Morgan fingerprint density at radius 1 is 1.19 bits per heavy atom. The topological polar surface area (TPSA) is 125 Å². The van der Waals surface area contributed by atoms with Gasteiger partial charge in [0.05, 0.1) is 10.9 Å². The minimum atomic E-state index is -3.69. The molecular weight excluding hydrogens is 484 g/mol. The van der Waals surface area contributed by atoms with E-state index in [4.69, 9.17) is 4.74 Å². The third-order valence-electron chi connectivity index (χ3n) is 5.96. The molecule has 0 spiro atoms. The SMILES string of the molecule is CC1=CC(=O)N(C[C@H](CC(=O)N2CCC[C@H]2CNS(=O)(=O)c2ccccc2)NC(=O)OC(C)(C)C)C1. The molecule has 0 aliphatic carbocycles. The van der Waals surface area contributed by atoms with Crippen LogP contribution in [0.2, 0.25) is 0 Å². The maximum Gasteiger partial charge on any atom is 0.407 e. The normalized spacial score (nSPS) is 19.3. The molecule has 2 aliphatic rings. The van der Waals surface area contributed by atoms with Crippen LogP contribution in [0.3, 0.4) is 0 Å². The molecule has 2 heterocycles. The van der Waals surface area contributed by atoms with Crippen molar-refractivity contribution in [3.05, 3.63) is 42.0 Å². The molecule has 3 rings (SSSR count). The Morgan fingerprint density at radius 3 is 2.50 bits per heavy atom. The second-order valence-corrected chi connectivity index (χ2v) is 12.1. The summed E-state index contributed by atoms with van der Waals surface area (Å²) < 4.78 is 33.2. The number of hydrogen-bond acceptors (Lipinski definition) is 6. The number of carbonyl (C=O) groups excluding carboxylic acids is 3. The summed E-state index contributed by atoms with van der Waals surface area (Å²) in [5.41, 5.74) is 0.198. The lowest BCUT2D eigenvalue weighted by atomic mass is 10.1. The predicted octanol–water partition coefficient (Wildman–Crippen LogP) is 2.03. The van der Waals surface area contributed by atoms with Crippen LogP contribution in [-0.2, 0) is 24.3 Å². The van der Waals surface area contributed by atoms with Crippen LogP contribution in [0.15, 0.2) is 46.9 Å². The zero-order valence-corrected chi connectivity index (χ0v) is 22.1. The number of benzene rings is 1. The van der Waals surface area contributed by atoms with E-state index in [2.05, 4.69) is 10.0 Å². The van der Waals surface area contributed by atoms with Crippen molar-refractivity contribution in [3.8, 4) is 0 Å². The number of nitrogens with zero attached hydrogens (tertiary/aromatic N) is 2. The molecule has 0 radical (unpaired) electrons. The molecule has 0 unspecified atom stereocenters. The molecule has 2 aliphatic heterocycles. The van der Waals surface area contributed by atoms with Gasteiger partial charge in [-0.05, 0) is 58.2 Å². The van der Waals surface area contributed by atoms with Gasteiger partial charge in [0.15, 0.2) is 0 Å². The quantitative estimate of drug-likeness (QED) is 0.513. The second-order valence-electron chi connectivity index (χ2n) is 10.3. The first kappa shape index (κ1) is 27.7. The minimum absolute atomic E-state index is 0.0377. The Morgan fingerprint density at radius 2 is 1.89 bits per heavy atom. The van der Waals surface area contributed by atoms with Crippen molar-refractivity contribution in [2.45, 2.75) is 69.5 Å². The van der Waals surface area contributed by atoms with Crippen molar-refractivity contribution in [2.75, 3.05) is 26.2 Å². The highest BCUT2D eigenvalue weighted by Gasteiger charge is 2.33. The molecule has 1 aromatic rings. The van der Waals surface area contributed by atoms with Crippen molar-refractivity contribution in [3.63, 3.8) is 0 Å². The third-order valence-corrected chi connectivity index (χ3v) is 7.40. The lowest BCUT2D eigenvalue weighted by Crippen LogP contribution is -2.50. The fraction of sp³-hybridized carbons (Fsp3) is 0.560. The lowest BCUT2D eigenvalue weighted by molar-refractivity contribution is -0.133. The molecule has 0 bridgehead atoms. The van der Waals surface area contributed by atoms with E-state index in [0.29, 0.717) is 19.5 Å². The van der Waals surface area contributed by atoms with Crippen molar-refractivity contribution >= 4 is 27.9 Å². The van der Waals surface area contributed by atoms with Gasteiger partial charge in [-0.1, -0.05) is 18.2 Å². The molecule has 198 valence electrons. The molecule has 11 heteroatoms. The lowest BCUT2D eigenvalue weighted by Gasteiger charge is -2.30. The van der Waals surface area contributed by atoms with E-state index in [1.165, 1.54) is 12.1 Å². The molecule has 3 amide bonds. The third kappa shape index (κ3) is 7.79. The second kappa shape index (κ2) is 11.4. The number of hydrogen-bond donors (Lipinski definition) is 2. The molecule has 0 aromatic heterocycles. The molecule has 2 atom stereocenters. The highest BCUT2D eigenvalue weighted by atomic mass is 32.2. The van der Waals surface area contributed by atoms with Gasteiger partial charge in [-0.3, -0.25) is 9.59 Å². The van der Waals surface area contributed by atoms with Gasteiger partial charge >= 0.3 is 6.09 Å². The van der Waals surface area contributed by atoms with Crippen LogP contribution in [0, 0.1) is 0 Å². The summed E-state index contributed by atoms with van der Waals surface area (Å²) in [5.74, 6) is -0.376. The van der Waals surface area contributed by atoms with E-state index in [1.807, 2.05) is 6.92 Å². The molecular formula is C25H36N4O6S. The molecule has 36 heavy (non-hydrogen) atoms. The molecule has 2 N–H and O–H groups in total. The summed E-state index contributed by atoms with van der Waals surface area (Å²) in [6.45, 7) is 8.29. The largest absolute Gasteiger partial charge is 0.444 e. The summed E-state index contributed by atoms with van der Waals surface area (Å²) in [6, 6.07) is 7.13. The Labute approximate surface area is 213 Å². The summed E-state index contributed by atoms with van der Waals surface area (Å²) >= 11 is 0. The summed E-state index contributed by atoms with van der Waals surface area (Å²) in [5, 5.41) is 2.75. The van der Waals surface area contributed by atoms with E-state index < -0.39 is 27.8 Å². The van der Waals surface area contributed by atoms with Crippen LogP contribution in [0.25, 0.3) is 0 Å². The molecule has 0 saturated carbocycles. The molecule has 10 nitrogen and oxygen atoms in total. The van der Waals surface area contributed by atoms with Crippen LogP contribution in [-0.4, -0.2) is 80.0 Å². The van der Waals surface area contributed by atoms with Crippen molar-refractivity contribution in [1.82, 2.24) is 19.8 Å². The zero-order valence-electron chi connectivity index (χ0n) is 21.3. The number of likely N-dealkylation sites (tertiary alicyclic amines) is 1. The van der Waals surface area contributed by atoms with Crippen LogP contribution in [0.1, 0.15) is 47.0 Å². The van der Waals surface area contributed by atoms with Gasteiger partial charge in [-0.2, -0.15) is 0 Å². The maximum absolute atomic E-state index is 13.3. The Balaban J connectivity index is 1.64. The maximum atomic E-state index is 13.3. The number of sulfonamides is 1. The highest BCUT2D eigenvalue weighted by Crippen LogP contribution is 2.20. The summed E-state index contributed by atoms with van der Waals surface area (Å²) in [4.78, 5) is 41.4. The van der Waals surface area contributed by atoms with Gasteiger partial charge in [0, 0.05) is 44.7 Å².